The highest BCUT2D eigenvalue weighted by molar-refractivity contribution is 5.73. The molecule has 1 atom stereocenters. The van der Waals surface area contributed by atoms with Gasteiger partial charge in [-0.2, -0.15) is 0 Å². The van der Waals surface area contributed by atoms with Gasteiger partial charge in [0.15, 0.2) is 0 Å². The Labute approximate surface area is 145 Å². The van der Waals surface area contributed by atoms with Crippen molar-refractivity contribution in [2.24, 2.45) is 5.92 Å². The summed E-state index contributed by atoms with van der Waals surface area (Å²) in [6, 6.07) is 9.63. The molecule has 0 spiro atoms. The van der Waals surface area contributed by atoms with Gasteiger partial charge >= 0.3 is 6.03 Å². The van der Waals surface area contributed by atoms with Gasteiger partial charge in [-0.15, -0.1) is 0 Å². The average molecular weight is 333 g/mol. The topological polar surface area (TPSA) is 64.6 Å². The summed E-state index contributed by atoms with van der Waals surface area (Å²) in [6.07, 6.45) is 3.49. The maximum Gasteiger partial charge on any atom is 0.314 e. The lowest BCUT2D eigenvalue weighted by molar-refractivity contribution is 0.169. The summed E-state index contributed by atoms with van der Waals surface area (Å²) in [5.74, 6) is 0.719. The largest absolute Gasteiger partial charge is 0.391 e. The van der Waals surface area contributed by atoms with Crippen LogP contribution in [0.25, 0.3) is 0 Å². The van der Waals surface area contributed by atoms with E-state index in [0.717, 1.165) is 24.4 Å². The van der Waals surface area contributed by atoms with Crippen LogP contribution in [-0.4, -0.2) is 54.9 Å². The molecule has 1 heterocycles. The number of urea groups is 1. The number of nitrogens with zero attached hydrogens (tertiary/aromatic N) is 1. The number of amides is 2. The lowest BCUT2D eigenvalue weighted by Crippen LogP contribution is -2.41. The van der Waals surface area contributed by atoms with Gasteiger partial charge in [-0.3, -0.25) is 0 Å². The Morgan fingerprint density at radius 1 is 1.25 bits per heavy atom. The van der Waals surface area contributed by atoms with Crippen LogP contribution in [0.3, 0.4) is 0 Å². The molecular formula is C19H31N3O2. The van der Waals surface area contributed by atoms with Gasteiger partial charge in [-0.25, -0.2) is 4.79 Å². The number of rotatable bonds is 8. The van der Waals surface area contributed by atoms with Gasteiger partial charge in [-0.1, -0.05) is 37.3 Å². The summed E-state index contributed by atoms with van der Waals surface area (Å²) in [5, 5.41) is 15.6. The molecule has 0 aromatic heterocycles. The van der Waals surface area contributed by atoms with Crippen LogP contribution in [0.4, 0.5) is 4.79 Å². The molecule has 2 rings (SSSR count). The van der Waals surface area contributed by atoms with E-state index in [9.17, 15) is 9.90 Å². The summed E-state index contributed by atoms with van der Waals surface area (Å²) in [5.41, 5.74) is 1.07. The number of hydrogen-bond acceptors (Lipinski definition) is 3. The van der Waals surface area contributed by atoms with Gasteiger partial charge in [0.2, 0.25) is 0 Å². The van der Waals surface area contributed by atoms with Gasteiger partial charge < -0.3 is 20.6 Å². The molecule has 3 N–H and O–H groups in total. The highest BCUT2D eigenvalue weighted by atomic mass is 16.3. The van der Waals surface area contributed by atoms with Crippen molar-refractivity contribution in [2.75, 3.05) is 32.7 Å². The fourth-order valence-electron chi connectivity index (χ4n) is 3.21. The lowest BCUT2D eigenvalue weighted by atomic mass is 9.93. The van der Waals surface area contributed by atoms with E-state index in [0.29, 0.717) is 13.0 Å². The van der Waals surface area contributed by atoms with Crippen LogP contribution in [0.15, 0.2) is 30.3 Å². The molecule has 1 aromatic rings. The van der Waals surface area contributed by atoms with E-state index in [1.807, 2.05) is 30.3 Å². The third kappa shape index (κ3) is 6.89. The van der Waals surface area contributed by atoms with Gasteiger partial charge in [0.25, 0.3) is 0 Å². The number of aliphatic hydroxyl groups is 1. The molecule has 1 aromatic carbocycles. The zero-order valence-corrected chi connectivity index (χ0v) is 14.7. The second-order valence-electron chi connectivity index (χ2n) is 6.65. The van der Waals surface area contributed by atoms with Crippen molar-refractivity contribution in [3.8, 4) is 0 Å². The molecule has 1 saturated heterocycles. The molecule has 5 heteroatoms. The molecule has 24 heavy (non-hydrogen) atoms. The summed E-state index contributed by atoms with van der Waals surface area (Å²) in [7, 11) is 0. The number of carbonyl (C=O) groups is 1. The van der Waals surface area contributed by atoms with Crippen LogP contribution < -0.4 is 10.6 Å². The highest BCUT2D eigenvalue weighted by Crippen LogP contribution is 2.19. The molecule has 1 aliphatic heterocycles. The van der Waals surface area contributed by atoms with Gasteiger partial charge in [-0.05, 0) is 50.4 Å². The predicted octanol–water partition coefficient (Wildman–Crippen LogP) is 2.01. The van der Waals surface area contributed by atoms with Crippen LogP contribution in [0.5, 0.6) is 0 Å². The maximum absolute atomic E-state index is 11.8. The summed E-state index contributed by atoms with van der Waals surface area (Å²) in [4.78, 5) is 14.3. The highest BCUT2D eigenvalue weighted by Gasteiger charge is 2.17. The third-order valence-corrected chi connectivity index (χ3v) is 4.80. The van der Waals surface area contributed by atoms with E-state index >= 15 is 0 Å². The Morgan fingerprint density at radius 2 is 1.96 bits per heavy atom. The SMILES string of the molecule is CCN1CCC(CCNC(=O)NCC(O)Cc2ccccc2)CC1. The van der Waals surface area contributed by atoms with Crippen molar-refractivity contribution in [2.45, 2.75) is 38.7 Å². The van der Waals surface area contributed by atoms with Crippen LogP contribution in [0.2, 0.25) is 0 Å². The minimum Gasteiger partial charge on any atom is -0.391 e. The molecule has 0 bridgehead atoms. The van der Waals surface area contributed by atoms with E-state index in [2.05, 4.69) is 22.5 Å². The van der Waals surface area contributed by atoms with Crippen LogP contribution in [0, 0.1) is 5.92 Å². The normalized spacial score (nSPS) is 17.4. The second-order valence-corrected chi connectivity index (χ2v) is 6.65. The fraction of sp³-hybridized carbons (Fsp3) is 0.632. The van der Waals surface area contributed by atoms with Crippen molar-refractivity contribution in [1.82, 2.24) is 15.5 Å². The number of likely N-dealkylation sites (tertiary alicyclic amines) is 1. The van der Waals surface area contributed by atoms with Crippen LogP contribution in [-0.2, 0) is 6.42 Å². The minimum absolute atomic E-state index is 0.187. The zero-order valence-electron chi connectivity index (χ0n) is 14.7. The molecule has 0 aliphatic carbocycles. The van der Waals surface area contributed by atoms with E-state index < -0.39 is 6.10 Å². The number of carbonyl (C=O) groups excluding carboxylic acids is 1. The number of hydrogen-bond donors (Lipinski definition) is 3. The Hall–Kier alpha value is -1.59. The molecule has 1 aliphatic rings. The van der Waals surface area contributed by atoms with Gasteiger partial charge in [0, 0.05) is 19.5 Å². The molecule has 2 amide bonds. The monoisotopic (exact) mass is 333 g/mol. The van der Waals surface area contributed by atoms with Crippen molar-refractivity contribution in [3.05, 3.63) is 35.9 Å². The first-order chi connectivity index (χ1) is 11.7. The Kier molecular flexibility index (Phi) is 8.05. The smallest absolute Gasteiger partial charge is 0.314 e. The Balaban J connectivity index is 1.53. The number of benzene rings is 1. The summed E-state index contributed by atoms with van der Waals surface area (Å²) in [6.45, 7) is 6.68. The van der Waals surface area contributed by atoms with E-state index in [1.165, 1.54) is 25.9 Å². The Morgan fingerprint density at radius 3 is 2.62 bits per heavy atom. The van der Waals surface area contributed by atoms with E-state index in [-0.39, 0.29) is 12.6 Å². The van der Waals surface area contributed by atoms with Crippen LogP contribution in [0.1, 0.15) is 31.7 Å². The quantitative estimate of drug-likeness (QED) is 0.682. The maximum atomic E-state index is 11.8. The first-order valence-corrected chi connectivity index (χ1v) is 9.13. The van der Waals surface area contributed by atoms with Crippen molar-refractivity contribution in [3.63, 3.8) is 0 Å². The first kappa shape index (κ1) is 18.7. The van der Waals surface area contributed by atoms with Gasteiger partial charge in [0.05, 0.1) is 6.10 Å². The second kappa shape index (κ2) is 10.3. The van der Waals surface area contributed by atoms with Crippen molar-refractivity contribution < 1.29 is 9.90 Å². The molecule has 134 valence electrons. The number of aliphatic hydroxyl groups excluding tert-OH is 1. The summed E-state index contributed by atoms with van der Waals surface area (Å²) < 4.78 is 0. The van der Waals surface area contributed by atoms with E-state index in [1.54, 1.807) is 0 Å². The molecular weight excluding hydrogens is 302 g/mol. The lowest BCUT2D eigenvalue weighted by Gasteiger charge is -2.31. The predicted molar refractivity (Wildman–Crippen MR) is 97.0 cm³/mol. The van der Waals surface area contributed by atoms with Gasteiger partial charge in [0.1, 0.15) is 0 Å². The standard InChI is InChI=1S/C19H31N3O2/c1-2-22-12-9-16(10-13-22)8-11-20-19(24)21-15-18(23)14-17-6-4-3-5-7-17/h3-7,16,18,23H,2,8-15H2,1H3,(H2,20,21,24). The van der Waals surface area contributed by atoms with Crippen molar-refractivity contribution >= 4 is 6.03 Å². The first-order valence-electron chi connectivity index (χ1n) is 9.13. The average Bonchev–Trinajstić information content (AvgIpc) is 2.61. The molecule has 1 unspecified atom stereocenters. The number of piperidine rings is 1. The molecule has 1 fully saturated rings. The third-order valence-electron chi connectivity index (χ3n) is 4.80. The zero-order chi connectivity index (χ0) is 17.2. The fourth-order valence-corrected chi connectivity index (χ4v) is 3.21. The summed E-state index contributed by atoms with van der Waals surface area (Å²) >= 11 is 0. The molecule has 0 saturated carbocycles. The molecule has 5 nitrogen and oxygen atoms in total. The van der Waals surface area contributed by atoms with Crippen molar-refractivity contribution in [1.29, 1.82) is 0 Å². The minimum atomic E-state index is -0.559. The van der Waals surface area contributed by atoms with Crippen LogP contribution >= 0.6 is 0 Å². The van der Waals surface area contributed by atoms with E-state index in [4.69, 9.17) is 0 Å². The Bertz CT molecular complexity index is 473. The molecule has 0 radical (unpaired) electrons. The number of nitrogens with one attached hydrogen (secondary N) is 2.